The van der Waals surface area contributed by atoms with E-state index in [0.717, 1.165) is 68.1 Å². The summed E-state index contributed by atoms with van der Waals surface area (Å²) in [7, 11) is 1.00. The second-order valence-corrected chi connectivity index (χ2v) is 15.1. The highest BCUT2D eigenvalue weighted by Crippen LogP contribution is 2.51. The van der Waals surface area contributed by atoms with Crippen LogP contribution in [0.25, 0.3) is 33.2 Å². The van der Waals surface area contributed by atoms with Crippen LogP contribution in [0.1, 0.15) is 73.0 Å². The summed E-state index contributed by atoms with van der Waals surface area (Å²) in [5.41, 5.74) is 14.3. The number of nitrogens with zero attached hydrogens (tertiary/aromatic N) is 3. The van der Waals surface area contributed by atoms with E-state index in [9.17, 15) is 9.18 Å². The number of hydrogen-bond donors (Lipinski definition) is 2. The van der Waals surface area contributed by atoms with E-state index in [0.29, 0.717) is 12.0 Å². The molecule has 4 aromatic carbocycles. The van der Waals surface area contributed by atoms with Crippen LogP contribution in [-0.2, 0) is 17.8 Å². The molecule has 0 atom stereocenters. The summed E-state index contributed by atoms with van der Waals surface area (Å²) in [4.78, 5) is 14.4. The van der Waals surface area contributed by atoms with E-state index in [1.165, 1.54) is 62.5 Å². The van der Waals surface area contributed by atoms with Crippen molar-refractivity contribution in [3.05, 3.63) is 100.0 Å². The molecular weight excluding hydrogens is 662 g/mol. The Morgan fingerprint density at radius 1 is 0.961 bits per heavy atom. The zero-order chi connectivity index (χ0) is 37.0. The largest absolute Gasteiger partial charge is 0.400 e. The van der Waals surface area contributed by atoms with Crippen LogP contribution < -0.4 is 9.21 Å². The lowest BCUT2D eigenvalue weighted by Crippen LogP contribution is -2.33. The van der Waals surface area contributed by atoms with Crippen LogP contribution in [0.2, 0.25) is 0 Å². The highest BCUT2D eigenvalue weighted by Gasteiger charge is 2.31. The van der Waals surface area contributed by atoms with Gasteiger partial charge < -0.3 is 28.7 Å². The number of fused-ring (bicyclic) bond motifs is 4. The lowest BCUT2D eigenvalue weighted by molar-refractivity contribution is -0.107. The molecule has 0 bridgehead atoms. The predicted octanol–water partition coefficient (Wildman–Crippen LogP) is 9.34. The van der Waals surface area contributed by atoms with Crippen LogP contribution in [0.15, 0.2) is 65.2 Å². The molecule has 5 aromatic rings. The minimum Gasteiger partial charge on any atom is -0.400 e. The quantitative estimate of drug-likeness (QED) is 0.133. The monoisotopic (exact) mass is 711 g/mol. The van der Waals surface area contributed by atoms with Crippen LogP contribution in [0.3, 0.4) is 0 Å². The van der Waals surface area contributed by atoms with Gasteiger partial charge in [0, 0.05) is 61.5 Å². The number of carbonyl (C=O) groups is 1. The SMILES string of the molecule is CC(C)(C)O.CO.CSN1Cc2ccc(N3CCC(c4noc5cc(F)ccc45)CC3)cc2-c2c(C)c(-c3ccc(C)cc3)c(CC=O)c(C)c21. The lowest BCUT2D eigenvalue weighted by Gasteiger charge is -2.37. The maximum atomic E-state index is 13.7. The number of aromatic nitrogens is 1. The predicted molar refractivity (Wildman–Crippen MR) is 209 cm³/mol. The summed E-state index contributed by atoms with van der Waals surface area (Å²) < 4.78 is 21.5. The molecule has 1 fully saturated rings. The number of aldehydes is 1. The maximum Gasteiger partial charge on any atom is 0.170 e. The van der Waals surface area contributed by atoms with Crippen molar-refractivity contribution in [2.45, 2.75) is 78.9 Å². The number of aliphatic hydroxyl groups excluding tert-OH is 1. The summed E-state index contributed by atoms with van der Waals surface area (Å²) in [5.74, 6) is -0.0225. The molecule has 0 saturated carbocycles. The molecular formula is C42H50FN3O4S. The lowest BCUT2D eigenvalue weighted by atomic mass is 9.81. The second-order valence-electron chi connectivity index (χ2n) is 14.3. The highest BCUT2D eigenvalue weighted by atomic mass is 32.2. The van der Waals surface area contributed by atoms with Crippen LogP contribution in [0.4, 0.5) is 15.8 Å². The van der Waals surface area contributed by atoms with Crippen molar-refractivity contribution in [1.82, 2.24) is 5.16 Å². The number of benzene rings is 4. The number of piperidine rings is 1. The van der Waals surface area contributed by atoms with Crippen molar-refractivity contribution < 1.29 is 23.9 Å². The smallest absolute Gasteiger partial charge is 0.170 e. The van der Waals surface area contributed by atoms with E-state index in [4.69, 9.17) is 14.7 Å². The van der Waals surface area contributed by atoms with Gasteiger partial charge in [0.2, 0.25) is 0 Å². The van der Waals surface area contributed by atoms with Gasteiger partial charge in [0.25, 0.3) is 0 Å². The molecule has 0 aliphatic carbocycles. The maximum absolute atomic E-state index is 13.7. The fraction of sp³-hybridized carbons (Fsp3) is 0.381. The minimum absolute atomic E-state index is 0.282. The van der Waals surface area contributed by atoms with Gasteiger partial charge in [-0.15, -0.1) is 0 Å². The van der Waals surface area contributed by atoms with Crippen molar-refractivity contribution in [3.63, 3.8) is 0 Å². The Hall–Kier alpha value is -4.18. The van der Waals surface area contributed by atoms with Gasteiger partial charge in [-0.25, -0.2) is 4.39 Å². The Bertz CT molecular complexity index is 1990. The summed E-state index contributed by atoms with van der Waals surface area (Å²) in [6.07, 6.45) is 5.47. The molecule has 9 heteroatoms. The topological polar surface area (TPSA) is 90.0 Å². The first kappa shape index (κ1) is 38.1. The summed E-state index contributed by atoms with van der Waals surface area (Å²) in [6.45, 7) is 14.4. The summed E-state index contributed by atoms with van der Waals surface area (Å²) in [6, 6.07) is 20.3. The van der Waals surface area contributed by atoms with E-state index in [1.54, 1.807) is 38.8 Å². The number of aliphatic hydroxyl groups is 2. The number of halogens is 1. The third-order valence-corrected chi connectivity index (χ3v) is 10.3. The number of hydrogen-bond acceptors (Lipinski definition) is 8. The molecule has 1 aromatic heterocycles. The van der Waals surface area contributed by atoms with Gasteiger partial charge >= 0.3 is 0 Å². The Labute approximate surface area is 305 Å². The molecule has 2 N–H and O–H groups in total. The fourth-order valence-corrected chi connectivity index (χ4v) is 7.97. The molecule has 0 amide bonds. The van der Waals surface area contributed by atoms with Crippen LogP contribution in [-0.4, -0.2) is 53.7 Å². The van der Waals surface area contributed by atoms with E-state index < -0.39 is 5.60 Å². The third-order valence-electron chi connectivity index (χ3n) is 9.58. The number of anilines is 2. The van der Waals surface area contributed by atoms with Crippen molar-refractivity contribution in [3.8, 4) is 22.3 Å². The van der Waals surface area contributed by atoms with Gasteiger partial charge in [-0.2, -0.15) is 0 Å². The fourth-order valence-electron chi connectivity index (χ4n) is 7.30. The normalized spacial score (nSPS) is 14.3. The van der Waals surface area contributed by atoms with Crippen molar-refractivity contribution in [1.29, 1.82) is 0 Å². The molecule has 2 aliphatic rings. The molecule has 7 rings (SSSR count). The zero-order valence-corrected chi connectivity index (χ0v) is 31.8. The first-order valence-electron chi connectivity index (χ1n) is 17.5. The van der Waals surface area contributed by atoms with Crippen molar-refractivity contribution in [2.24, 2.45) is 0 Å². The minimum atomic E-state index is -0.500. The van der Waals surface area contributed by atoms with Crippen LogP contribution >= 0.6 is 11.9 Å². The molecule has 7 nitrogen and oxygen atoms in total. The standard InChI is InChI=1S/C37H36FN3O2S.C4H10O.CH4O/c1-22-5-7-25(8-6-22)34-24(3)35-32-20-29(11-9-27(32)21-41(44-4)37(35)23(2)30(34)15-18-42)40-16-13-26(14-17-40)36-31-12-10-28(38)19-33(31)43-39-36;1-4(2,3)5;1-2/h5-12,18-20,26H,13-17,21H2,1-4H3;5H,1-3H3;2H,1H3. The Morgan fingerprint density at radius 2 is 1.63 bits per heavy atom. The van der Waals surface area contributed by atoms with Gasteiger partial charge in [-0.1, -0.05) is 53.0 Å². The van der Waals surface area contributed by atoms with Crippen molar-refractivity contribution in [2.75, 3.05) is 35.7 Å². The van der Waals surface area contributed by atoms with Crippen molar-refractivity contribution >= 4 is 40.6 Å². The van der Waals surface area contributed by atoms with E-state index in [2.05, 4.69) is 83.9 Å². The Balaban J connectivity index is 0.000000665. The first-order valence-corrected chi connectivity index (χ1v) is 18.6. The number of carbonyl (C=O) groups excluding carboxylic acids is 1. The average molecular weight is 712 g/mol. The average Bonchev–Trinajstić information content (AvgIpc) is 3.53. The summed E-state index contributed by atoms with van der Waals surface area (Å²) >= 11 is 1.74. The van der Waals surface area contributed by atoms with Crippen LogP contribution in [0.5, 0.6) is 0 Å². The second kappa shape index (κ2) is 16.0. The Kier molecular flexibility index (Phi) is 11.9. The van der Waals surface area contributed by atoms with Gasteiger partial charge in [-0.3, -0.25) is 0 Å². The van der Waals surface area contributed by atoms with Gasteiger partial charge in [0.15, 0.2) is 5.58 Å². The molecule has 0 spiro atoms. The molecule has 3 heterocycles. The molecule has 1 saturated heterocycles. The molecule has 0 radical (unpaired) electrons. The van der Waals surface area contributed by atoms with Crippen LogP contribution in [0, 0.1) is 26.6 Å². The van der Waals surface area contributed by atoms with E-state index >= 15 is 0 Å². The van der Waals surface area contributed by atoms with Gasteiger partial charge in [0.05, 0.1) is 23.5 Å². The highest BCUT2D eigenvalue weighted by molar-refractivity contribution is 7.99. The first-order chi connectivity index (χ1) is 24.4. The summed E-state index contributed by atoms with van der Waals surface area (Å²) in [5, 5.41) is 20.8. The molecule has 51 heavy (non-hydrogen) atoms. The third kappa shape index (κ3) is 8.16. The molecule has 2 aliphatic heterocycles. The molecule has 0 unspecified atom stereocenters. The van der Waals surface area contributed by atoms with Gasteiger partial charge in [-0.05, 0) is 118 Å². The van der Waals surface area contributed by atoms with E-state index in [-0.39, 0.29) is 11.7 Å². The van der Waals surface area contributed by atoms with Gasteiger partial charge in [0.1, 0.15) is 12.1 Å². The van der Waals surface area contributed by atoms with E-state index in [1.807, 2.05) is 0 Å². The number of rotatable bonds is 6. The zero-order valence-electron chi connectivity index (χ0n) is 31.0. The Morgan fingerprint density at radius 3 is 2.25 bits per heavy atom. The molecule has 270 valence electrons. The number of aryl methyl sites for hydroxylation is 1.